The molecule has 0 aliphatic carbocycles. The predicted octanol–water partition coefficient (Wildman–Crippen LogP) is 2.67. The summed E-state index contributed by atoms with van der Waals surface area (Å²) in [5, 5.41) is 0. The average Bonchev–Trinajstić information content (AvgIpc) is 2.29. The maximum atomic E-state index is 5.63. The summed E-state index contributed by atoms with van der Waals surface area (Å²) in [4.78, 5) is 6.41. The summed E-state index contributed by atoms with van der Waals surface area (Å²) in [6, 6.07) is 4.16. The highest BCUT2D eigenvalue weighted by atomic mass is 15.1. The molecule has 102 valence electrons. The summed E-state index contributed by atoms with van der Waals surface area (Å²) in [6.07, 6.45) is 7.29. The van der Waals surface area contributed by atoms with E-state index in [4.69, 9.17) is 5.73 Å². The molecule has 0 spiro atoms. The molecule has 0 fully saturated rings. The summed E-state index contributed by atoms with van der Waals surface area (Å²) in [5.74, 6) is 0. The average molecular weight is 249 g/mol. The van der Waals surface area contributed by atoms with Gasteiger partial charge in [-0.05, 0) is 62.5 Å². The van der Waals surface area contributed by atoms with E-state index < -0.39 is 0 Å². The number of nitrogens with two attached hydrogens (primary N) is 1. The van der Waals surface area contributed by atoms with E-state index >= 15 is 0 Å². The van der Waals surface area contributed by atoms with Crippen molar-refractivity contribution in [1.29, 1.82) is 0 Å². The molecule has 0 saturated carbocycles. The smallest absolute Gasteiger partial charge is 0.0271 e. The SMILES string of the molecule is CN(CCCC(C)(C)CCN)Cc1ccncc1. The van der Waals surface area contributed by atoms with Gasteiger partial charge >= 0.3 is 0 Å². The van der Waals surface area contributed by atoms with Gasteiger partial charge in [-0.15, -0.1) is 0 Å². The minimum atomic E-state index is 0.381. The molecule has 0 bridgehead atoms. The Labute approximate surface area is 111 Å². The monoisotopic (exact) mass is 249 g/mol. The van der Waals surface area contributed by atoms with Crippen LogP contribution in [0.1, 0.15) is 38.7 Å². The summed E-state index contributed by atoms with van der Waals surface area (Å²) in [6.45, 7) is 7.54. The topological polar surface area (TPSA) is 42.1 Å². The van der Waals surface area contributed by atoms with Crippen LogP contribution in [0.4, 0.5) is 0 Å². The lowest BCUT2D eigenvalue weighted by Gasteiger charge is -2.25. The fourth-order valence-electron chi connectivity index (χ4n) is 2.22. The number of rotatable bonds is 8. The number of hydrogen-bond donors (Lipinski definition) is 1. The van der Waals surface area contributed by atoms with E-state index in [1.165, 1.54) is 18.4 Å². The van der Waals surface area contributed by atoms with Crippen molar-refractivity contribution in [1.82, 2.24) is 9.88 Å². The van der Waals surface area contributed by atoms with Crippen LogP contribution in [-0.4, -0.2) is 30.0 Å². The van der Waals surface area contributed by atoms with Gasteiger partial charge in [-0.1, -0.05) is 13.8 Å². The molecule has 1 rings (SSSR count). The minimum absolute atomic E-state index is 0.381. The maximum Gasteiger partial charge on any atom is 0.0271 e. The molecule has 2 N–H and O–H groups in total. The number of hydrogen-bond acceptors (Lipinski definition) is 3. The van der Waals surface area contributed by atoms with Crippen molar-refractivity contribution in [3.05, 3.63) is 30.1 Å². The molecule has 0 unspecified atom stereocenters. The zero-order valence-corrected chi connectivity index (χ0v) is 12.0. The zero-order valence-electron chi connectivity index (χ0n) is 12.0. The van der Waals surface area contributed by atoms with Crippen molar-refractivity contribution >= 4 is 0 Å². The Hall–Kier alpha value is -0.930. The normalized spacial score (nSPS) is 12.1. The fraction of sp³-hybridized carbons (Fsp3) is 0.667. The second kappa shape index (κ2) is 7.49. The fourth-order valence-corrected chi connectivity index (χ4v) is 2.22. The summed E-state index contributed by atoms with van der Waals surface area (Å²) >= 11 is 0. The lowest BCUT2D eigenvalue weighted by atomic mass is 9.84. The van der Waals surface area contributed by atoms with Crippen molar-refractivity contribution in [3.63, 3.8) is 0 Å². The van der Waals surface area contributed by atoms with Crippen molar-refractivity contribution in [2.75, 3.05) is 20.1 Å². The van der Waals surface area contributed by atoms with Gasteiger partial charge in [-0.3, -0.25) is 4.98 Å². The van der Waals surface area contributed by atoms with Gasteiger partial charge in [-0.2, -0.15) is 0 Å². The third kappa shape index (κ3) is 6.12. The molecule has 1 aromatic rings. The highest BCUT2D eigenvalue weighted by molar-refractivity contribution is 5.09. The van der Waals surface area contributed by atoms with Crippen LogP contribution in [0.5, 0.6) is 0 Å². The van der Waals surface area contributed by atoms with Gasteiger partial charge in [-0.25, -0.2) is 0 Å². The Balaban J connectivity index is 2.23. The Morgan fingerprint density at radius 2 is 1.89 bits per heavy atom. The number of nitrogens with zero attached hydrogens (tertiary/aromatic N) is 2. The zero-order chi connectivity index (χ0) is 13.4. The van der Waals surface area contributed by atoms with E-state index in [1.807, 2.05) is 12.4 Å². The highest BCUT2D eigenvalue weighted by Gasteiger charge is 2.16. The number of pyridine rings is 1. The van der Waals surface area contributed by atoms with E-state index in [1.54, 1.807) is 0 Å². The summed E-state index contributed by atoms with van der Waals surface area (Å²) < 4.78 is 0. The van der Waals surface area contributed by atoms with E-state index in [2.05, 4.69) is 42.9 Å². The van der Waals surface area contributed by atoms with Crippen LogP contribution in [0.2, 0.25) is 0 Å². The van der Waals surface area contributed by atoms with Gasteiger partial charge in [0.05, 0.1) is 0 Å². The molecule has 0 atom stereocenters. The standard InChI is InChI=1S/C15H27N3/c1-15(2,8-9-16)7-4-12-18(3)13-14-5-10-17-11-6-14/h5-6,10-11H,4,7-9,12-13,16H2,1-3H3. The van der Waals surface area contributed by atoms with Gasteiger partial charge in [0.15, 0.2) is 0 Å². The Morgan fingerprint density at radius 3 is 2.50 bits per heavy atom. The van der Waals surface area contributed by atoms with Crippen LogP contribution in [0, 0.1) is 5.41 Å². The van der Waals surface area contributed by atoms with Crippen LogP contribution in [0.3, 0.4) is 0 Å². The largest absolute Gasteiger partial charge is 0.330 e. The molecule has 0 aromatic carbocycles. The van der Waals surface area contributed by atoms with E-state index in [0.29, 0.717) is 5.41 Å². The van der Waals surface area contributed by atoms with Gasteiger partial charge in [0.2, 0.25) is 0 Å². The Morgan fingerprint density at radius 1 is 1.22 bits per heavy atom. The van der Waals surface area contributed by atoms with Crippen molar-refractivity contribution in [2.45, 2.75) is 39.7 Å². The van der Waals surface area contributed by atoms with Crippen LogP contribution >= 0.6 is 0 Å². The van der Waals surface area contributed by atoms with E-state index in [9.17, 15) is 0 Å². The lowest BCUT2D eigenvalue weighted by molar-refractivity contribution is 0.259. The minimum Gasteiger partial charge on any atom is -0.330 e. The molecular weight excluding hydrogens is 222 g/mol. The van der Waals surface area contributed by atoms with Crippen molar-refractivity contribution in [2.24, 2.45) is 11.1 Å². The lowest BCUT2D eigenvalue weighted by Crippen LogP contribution is -2.22. The van der Waals surface area contributed by atoms with Crippen molar-refractivity contribution in [3.8, 4) is 0 Å². The molecule has 0 aliphatic heterocycles. The van der Waals surface area contributed by atoms with Gasteiger partial charge in [0.1, 0.15) is 0 Å². The Kier molecular flexibility index (Phi) is 6.30. The molecule has 1 heterocycles. The molecule has 3 nitrogen and oxygen atoms in total. The van der Waals surface area contributed by atoms with E-state index in [-0.39, 0.29) is 0 Å². The van der Waals surface area contributed by atoms with Crippen LogP contribution in [-0.2, 0) is 6.54 Å². The van der Waals surface area contributed by atoms with Gasteiger partial charge in [0, 0.05) is 18.9 Å². The molecule has 3 heteroatoms. The first-order valence-electron chi connectivity index (χ1n) is 6.81. The van der Waals surface area contributed by atoms with Crippen LogP contribution in [0.15, 0.2) is 24.5 Å². The molecular formula is C15H27N3. The van der Waals surface area contributed by atoms with Crippen LogP contribution in [0.25, 0.3) is 0 Å². The summed E-state index contributed by atoms with van der Waals surface area (Å²) in [5.41, 5.74) is 7.34. The first kappa shape index (κ1) is 15.1. The quantitative estimate of drug-likeness (QED) is 0.770. The second-order valence-corrected chi connectivity index (χ2v) is 5.90. The van der Waals surface area contributed by atoms with Crippen LogP contribution < -0.4 is 5.73 Å². The van der Waals surface area contributed by atoms with Gasteiger partial charge < -0.3 is 10.6 Å². The van der Waals surface area contributed by atoms with Gasteiger partial charge in [0.25, 0.3) is 0 Å². The molecule has 0 saturated heterocycles. The Bertz CT molecular complexity index is 322. The number of aromatic nitrogens is 1. The molecule has 0 aliphatic rings. The third-order valence-corrected chi connectivity index (χ3v) is 3.42. The third-order valence-electron chi connectivity index (χ3n) is 3.42. The molecule has 0 radical (unpaired) electrons. The summed E-state index contributed by atoms with van der Waals surface area (Å²) in [7, 11) is 2.18. The first-order valence-corrected chi connectivity index (χ1v) is 6.81. The highest BCUT2D eigenvalue weighted by Crippen LogP contribution is 2.25. The second-order valence-electron chi connectivity index (χ2n) is 5.90. The molecule has 18 heavy (non-hydrogen) atoms. The molecule has 0 amide bonds. The van der Waals surface area contributed by atoms with Crippen molar-refractivity contribution < 1.29 is 0 Å². The van der Waals surface area contributed by atoms with E-state index in [0.717, 1.165) is 26.1 Å². The predicted molar refractivity (Wildman–Crippen MR) is 77.3 cm³/mol. The molecule has 1 aromatic heterocycles. The maximum absolute atomic E-state index is 5.63. The first-order chi connectivity index (χ1) is 8.53.